The molecular formula is C13H18ClNO. The Morgan fingerprint density at radius 1 is 1.56 bits per heavy atom. The summed E-state index contributed by atoms with van der Waals surface area (Å²) in [4.78, 5) is 11.9. The zero-order valence-electron chi connectivity index (χ0n) is 10.1. The summed E-state index contributed by atoms with van der Waals surface area (Å²) in [6.07, 6.45) is 2.65. The van der Waals surface area contributed by atoms with Crippen molar-refractivity contribution in [1.29, 1.82) is 0 Å². The summed E-state index contributed by atoms with van der Waals surface area (Å²) in [5, 5.41) is -0.435. The molecule has 1 atom stereocenters. The van der Waals surface area contributed by atoms with E-state index in [0.717, 1.165) is 23.7 Å². The van der Waals surface area contributed by atoms with Crippen LogP contribution in [0.5, 0.6) is 0 Å². The molecule has 1 unspecified atom stereocenters. The van der Waals surface area contributed by atoms with Gasteiger partial charge in [-0.1, -0.05) is 0 Å². The first kappa shape index (κ1) is 11.7. The Kier molecular flexibility index (Phi) is 3.11. The zero-order chi connectivity index (χ0) is 11.9. The average molecular weight is 240 g/mol. The van der Waals surface area contributed by atoms with E-state index in [9.17, 15) is 4.79 Å². The molecule has 0 aromatic carbocycles. The summed E-state index contributed by atoms with van der Waals surface area (Å²) < 4.78 is 2.25. The summed E-state index contributed by atoms with van der Waals surface area (Å²) in [6, 6.07) is 1.97. The van der Waals surface area contributed by atoms with Gasteiger partial charge in [-0.05, 0) is 45.6 Å². The van der Waals surface area contributed by atoms with E-state index < -0.39 is 5.38 Å². The normalized spacial score (nSPS) is 17.5. The number of carbonyl (C=O) groups excluding carboxylic acids is 1. The molecule has 0 N–H and O–H groups in total. The minimum Gasteiger partial charge on any atom is -0.348 e. The van der Waals surface area contributed by atoms with Crippen LogP contribution in [0.3, 0.4) is 0 Å². The van der Waals surface area contributed by atoms with E-state index in [0.29, 0.717) is 0 Å². The van der Waals surface area contributed by atoms with Crippen molar-refractivity contribution in [3.63, 3.8) is 0 Å². The second-order valence-corrected chi connectivity index (χ2v) is 5.47. The van der Waals surface area contributed by atoms with Crippen LogP contribution in [0.1, 0.15) is 41.5 Å². The third kappa shape index (κ3) is 2.17. The number of halogens is 1. The van der Waals surface area contributed by atoms with Gasteiger partial charge in [-0.3, -0.25) is 4.79 Å². The average Bonchev–Trinajstić information content (AvgIpc) is 2.99. The monoisotopic (exact) mass is 239 g/mol. The number of nitrogens with zero attached hydrogens (tertiary/aromatic N) is 1. The first-order chi connectivity index (χ1) is 7.50. The predicted octanol–water partition coefficient (Wildman–Crippen LogP) is 3.32. The molecule has 2 rings (SSSR count). The number of hydrogen-bond donors (Lipinski definition) is 0. The van der Waals surface area contributed by atoms with Gasteiger partial charge in [0, 0.05) is 23.5 Å². The molecule has 0 bridgehead atoms. The molecule has 0 aliphatic heterocycles. The zero-order valence-corrected chi connectivity index (χ0v) is 10.8. The van der Waals surface area contributed by atoms with Crippen LogP contribution in [0.25, 0.3) is 0 Å². The lowest BCUT2D eigenvalue weighted by molar-refractivity contribution is 0.0991. The molecule has 88 valence electrons. The minimum atomic E-state index is -0.435. The molecule has 1 saturated carbocycles. The van der Waals surface area contributed by atoms with Crippen LogP contribution in [0.2, 0.25) is 0 Å². The number of aromatic nitrogens is 1. The van der Waals surface area contributed by atoms with E-state index in [2.05, 4.69) is 11.5 Å². The third-order valence-electron chi connectivity index (χ3n) is 3.34. The summed E-state index contributed by atoms with van der Waals surface area (Å²) in [5.41, 5.74) is 3.03. The number of carbonyl (C=O) groups is 1. The number of ketones is 1. The van der Waals surface area contributed by atoms with Crippen LogP contribution in [-0.2, 0) is 6.54 Å². The maximum absolute atomic E-state index is 11.9. The van der Waals surface area contributed by atoms with E-state index in [1.165, 1.54) is 18.5 Å². The Morgan fingerprint density at radius 2 is 2.19 bits per heavy atom. The van der Waals surface area contributed by atoms with Gasteiger partial charge in [0.25, 0.3) is 0 Å². The number of Topliss-reactive ketones (excluding diaryl/α,β-unsaturated/α-hetero) is 1. The van der Waals surface area contributed by atoms with E-state index in [4.69, 9.17) is 11.6 Å². The maximum Gasteiger partial charge on any atom is 0.182 e. The standard InChI is InChI=1S/C13H18ClNO/c1-8-6-12(13(16)9(2)14)10(3)15(8)7-11-4-5-11/h6,9,11H,4-5,7H2,1-3H3. The molecule has 1 aliphatic carbocycles. The van der Waals surface area contributed by atoms with Gasteiger partial charge in [-0.25, -0.2) is 0 Å². The highest BCUT2D eigenvalue weighted by atomic mass is 35.5. The van der Waals surface area contributed by atoms with Gasteiger partial charge in [0.05, 0.1) is 5.38 Å². The first-order valence-corrected chi connectivity index (χ1v) is 6.29. The van der Waals surface area contributed by atoms with Gasteiger partial charge < -0.3 is 4.57 Å². The molecule has 0 radical (unpaired) electrons. The highest BCUT2D eigenvalue weighted by Gasteiger charge is 2.25. The fraction of sp³-hybridized carbons (Fsp3) is 0.615. The molecule has 0 amide bonds. The Balaban J connectivity index is 2.29. The van der Waals surface area contributed by atoms with Gasteiger partial charge in [0.15, 0.2) is 5.78 Å². The largest absolute Gasteiger partial charge is 0.348 e. The van der Waals surface area contributed by atoms with Crippen LogP contribution in [0.15, 0.2) is 6.07 Å². The Hall–Kier alpha value is -0.760. The maximum atomic E-state index is 11.9. The van der Waals surface area contributed by atoms with E-state index in [1.54, 1.807) is 6.92 Å². The van der Waals surface area contributed by atoms with E-state index in [1.807, 2.05) is 13.0 Å². The lowest BCUT2D eigenvalue weighted by Crippen LogP contribution is -2.12. The number of rotatable bonds is 4. The van der Waals surface area contributed by atoms with E-state index in [-0.39, 0.29) is 5.78 Å². The summed E-state index contributed by atoms with van der Waals surface area (Å²) >= 11 is 5.86. The van der Waals surface area contributed by atoms with Gasteiger partial charge in [-0.2, -0.15) is 0 Å². The van der Waals surface area contributed by atoms with E-state index >= 15 is 0 Å². The fourth-order valence-corrected chi connectivity index (χ4v) is 2.22. The van der Waals surface area contributed by atoms with Crippen LogP contribution >= 0.6 is 11.6 Å². The Bertz CT molecular complexity index is 416. The summed E-state index contributed by atoms with van der Waals surface area (Å²) in [6.45, 7) is 6.87. The third-order valence-corrected chi connectivity index (χ3v) is 3.54. The molecule has 0 saturated heterocycles. The molecule has 16 heavy (non-hydrogen) atoms. The molecular weight excluding hydrogens is 222 g/mol. The van der Waals surface area contributed by atoms with Gasteiger partial charge in [0.2, 0.25) is 0 Å². The highest BCUT2D eigenvalue weighted by Crippen LogP contribution is 2.32. The van der Waals surface area contributed by atoms with Gasteiger partial charge in [-0.15, -0.1) is 11.6 Å². The number of hydrogen-bond acceptors (Lipinski definition) is 1. The fourth-order valence-electron chi connectivity index (χ4n) is 2.10. The lowest BCUT2D eigenvalue weighted by Gasteiger charge is -2.08. The molecule has 3 heteroatoms. The van der Waals surface area contributed by atoms with Crippen molar-refractivity contribution >= 4 is 17.4 Å². The number of aryl methyl sites for hydroxylation is 1. The minimum absolute atomic E-state index is 0.0387. The van der Waals surface area contributed by atoms with Crippen LogP contribution < -0.4 is 0 Å². The highest BCUT2D eigenvalue weighted by molar-refractivity contribution is 6.33. The Labute approximate surface area is 102 Å². The van der Waals surface area contributed by atoms with Crippen molar-refractivity contribution in [1.82, 2.24) is 4.57 Å². The van der Waals surface area contributed by atoms with Crippen molar-refractivity contribution in [3.05, 3.63) is 23.0 Å². The second-order valence-electron chi connectivity index (χ2n) is 4.82. The topological polar surface area (TPSA) is 22.0 Å². The molecule has 1 heterocycles. The lowest BCUT2D eigenvalue weighted by atomic mass is 10.1. The van der Waals surface area contributed by atoms with Crippen molar-refractivity contribution in [2.45, 2.75) is 45.5 Å². The quantitative estimate of drug-likeness (QED) is 0.584. The molecule has 2 nitrogen and oxygen atoms in total. The molecule has 0 spiro atoms. The van der Waals surface area contributed by atoms with Crippen LogP contribution in [0, 0.1) is 19.8 Å². The smallest absolute Gasteiger partial charge is 0.182 e. The van der Waals surface area contributed by atoms with Crippen LogP contribution in [0.4, 0.5) is 0 Å². The first-order valence-electron chi connectivity index (χ1n) is 5.85. The molecule has 1 aromatic heterocycles. The SMILES string of the molecule is Cc1cc(C(=O)C(C)Cl)c(C)n1CC1CC1. The number of alkyl halides is 1. The van der Waals surface area contributed by atoms with Crippen molar-refractivity contribution in [2.24, 2.45) is 5.92 Å². The summed E-state index contributed by atoms with van der Waals surface area (Å²) in [5.74, 6) is 0.859. The van der Waals surface area contributed by atoms with Crippen LogP contribution in [-0.4, -0.2) is 15.7 Å². The van der Waals surface area contributed by atoms with Gasteiger partial charge >= 0.3 is 0 Å². The van der Waals surface area contributed by atoms with Gasteiger partial charge in [0.1, 0.15) is 0 Å². The predicted molar refractivity (Wildman–Crippen MR) is 66.3 cm³/mol. The summed E-state index contributed by atoms with van der Waals surface area (Å²) in [7, 11) is 0. The van der Waals surface area contributed by atoms with Crippen molar-refractivity contribution in [3.8, 4) is 0 Å². The molecule has 1 fully saturated rings. The second kappa shape index (κ2) is 4.25. The van der Waals surface area contributed by atoms with Crippen molar-refractivity contribution in [2.75, 3.05) is 0 Å². The molecule has 1 aliphatic rings. The molecule has 1 aromatic rings. The Morgan fingerprint density at radius 3 is 2.69 bits per heavy atom. The van der Waals surface area contributed by atoms with Crippen molar-refractivity contribution < 1.29 is 4.79 Å².